The van der Waals surface area contributed by atoms with Crippen molar-refractivity contribution < 1.29 is 4.92 Å². The van der Waals surface area contributed by atoms with Gasteiger partial charge in [0, 0.05) is 10.8 Å². The van der Waals surface area contributed by atoms with E-state index in [1.807, 2.05) is 0 Å². The Morgan fingerprint density at radius 2 is 2.15 bits per heavy atom. The maximum atomic E-state index is 10.3. The van der Waals surface area contributed by atoms with Gasteiger partial charge in [0.1, 0.15) is 0 Å². The van der Waals surface area contributed by atoms with Gasteiger partial charge in [-0.25, -0.2) is 0 Å². The van der Waals surface area contributed by atoms with Gasteiger partial charge >= 0.3 is 0 Å². The second-order valence-electron chi connectivity index (χ2n) is 3.79. The summed E-state index contributed by atoms with van der Waals surface area (Å²) in [6.45, 7) is 4.18. The summed E-state index contributed by atoms with van der Waals surface area (Å²) in [6, 6.07) is 0. The minimum Gasteiger partial charge on any atom is -0.313 e. The molecule has 0 aliphatic carbocycles. The Labute approximate surface area is 79.0 Å². The summed E-state index contributed by atoms with van der Waals surface area (Å²) >= 11 is 0. The first-order valence-electron chi connectivity index (χ1n) is 4.67. The lowest BCUT2D eigenvalue weighted by molar-refractivity contribution is -0.488. The minimum atomic E-state index is -0.253. The van der Waals surface area contributed by atoms with E-state index in [1.54, 1.807) is 0 Å². The minimum absolute atomic E-state index is 0.0476. The van der Waals surface area contributed by atoms with E-state index in [2.05, 4.69) is 13.8 Å². The predicted octanol–water partition coefficient (Wildman–Crippen LogP) is 2.36. The van der Waals surface area contributed by atoms with Crippen molar-refractivity contribution in [1.29, 1.82) is 5.41 Å². The normalized spacial score (nSPS) is 12.8. The molecule has 4 heteroatoms. The molecule has 13 heavy (non-hydrogen) atoms. The third-order valence-corrected chi connectivity index (χ3v) is 1.93. The molecule has 0 saturated carbocycles. The molecule has 0 aliphatic rings. The van der Waals surface area contributed by atoms with Gasteiger partial charge in [-0.3, -0.25) is 10.1 Å². The highest BCUT2D eigenvalue weighted by Crippen LogP contribution is 2.16. The molecular formula is C9H18N2O2. The van der Waals surface area contributed by atoms with Gasteiger partial charge in [-0.2, -0.15) is 0 Å². The van der Waals surface area contributed by atoms with E-state index in [9.17, 15) is 10.1 Å². The van der Waals surface area contributed by atoms with Crippen LogP contribution in [0.15, 0.2) is 0 Å². The van der Waals surface area contributed by atoms with Crippen LogP contribution in [0.3, 0.4) is 0 Å². The first-order valence-corrected chi connectivity index (χ1v) is 4.67. The van der Waals surface area contributed by atoms with Gasteiger partial charge in [0.05, 0.1) is 0 Å². The highest BCUT2D eigenvalue weighted by Gasteiger charge is 2.15. The van der Waals surface area contributed by atoms with E-state index in [0.717, 1.165) is 12.8 Å². The van der Waals surface area contributed by atoms with Crippen molar-refractivity contribution in [1.82, 2.24) is 0 Å². The van der Waals surface area contributed by atoms with Crippen molar-refractivity contribution in [2.24, 2.45) is 11.8 Å². The Morgan fingerprint density at radius 3 is 2.54 bits per heavy atom. The molecule has 0 aromatic carbocycles. The van der Waals surface area contributed by atoms with Gasteiger partial charge in [-0.15, -0.1) is 0 Å². The molecule has 0 aliphatic heterocycles. The average Bonchev–Trinajstić information content (AvgIpc) is 1.98. The third-order valence-electron chi connectivity index (χ3n) is 1.93. The first kappa shape index (κ1) is 12.1. The molecule has 0 spiro atoms. The van der Waals surface area contributed by atoms with Gasteiger partial charge in [0.15, 0.2) is 0 Å². The average molecular weight is 186 g/mol. The SMILES string of the molecule is CC(C)CC(CCC=N)C[N+](=O)[O-]. The lowest BCUT2D eigenvalue weighted by atomic mass is 9.93. The van der Waals surface area contributed by atoms with Crippen molar-refractivity contribution in [2.75, 3.05) is 6.54 Å². The van der Waals surface area contributed by atoms with Crippen molar-refractivity contribution in [3.8, 4) is 0 Å². The number of nitrogens with zero attached hydrogens (tertiary/aromatic N) is 1. The summed E-state index contributed by atoms with van der Waals surface area (Å²) in [5, 5.41) is 17.2. The fourth-order valence-electron chi connectivity index (χ4n) is 1.48. The molecule has 0 rings (SSSR count). The van der Waals surface area contributed by atoms with E-state index < -0.39 is 0 Å². The Balaban J connectivity index is 3.86. The maximum absolute atomic E-state index is 10.3. The lowest BCUT2D eigenvalue weighted by Gasteiger charge is -2.13. The standard InChI is InChI=1S/C9H18N2O2/c1-8(2)6-9(4-3-5-10)7-11(12)13/h5,8-10H,3-4,6-7H2,1-2H3. The van der Waals surface area contributed by atoms with Crippen LogP contribution in [-0.2, 0) is 0 Å². The molecule has 1 N–H and O–H groups in total. The van der Waals surface area contributed by atoms with Crippen molar-refractivity contribution in [2.45, 2.75) is 33.1 Å². The summed E-state index contributed by atoms with van der Waals surface area (Å²) in [5.41, 5.74) is 0. The second kappa shape index (κ2) is 6.57. The van der Waals surface area contributed by atoms with Gasteiger partial charge in [0.25, 0.3) is 0 Å². The summed E-state index contributed by atoms with van der Waals surface area (Å²) in [5.74, 6) is 0.632. The zero-order valence-corrected chi connectivity index (χ0v) is 8.32. The van der Waals surface area contributed by atoms with Gasteiger partial charge in [-0.1, -0.05) is 13.8 Å². The van der Waals surface area contributed by atoms with E-state index in [1.165, 1.54) is 6.21 Å². The molecule has 4 nitrogen and oxygen atoms in total. The maximum Gasteiger partial charge on any atom is 0.206 e. The highest BCUT2D eigenvalue weighted by molar-refractivity contribution is 5.52. The molecular weight excluding hydrogens is 168 g/mol. The van der Waals surface area contributed by atoms with Crippen LogP contribution in [0.4, 0.5) is 0 Å². The third kappa shape index (κ3) is 7.43. The van der Waals surface area contributed by atoms with Crippen molar-refractivity contribution in [3.63, 3.8) is 0 Å². The molecule has 0 heterocycles. The number of hydrogen-bond donors (Lipinski definition) is 1. The molecule has 0 radical (unpaired) electrons. The van der Waals surface area contributed by atoms with Crippen LogP contribution in [0.2, 0.25) is 0 Å². The topological polar surface area (TPSA) is 67.0 Å². The number of hydrogen-bond acceptors (Lipinski definition) is 3. The number of nitrogens with one attached hydrogen (secondary N) is 1. The summed E-state index contributed by atoms with van der Waals surface area (Å²) in [7, 11) is 0. The molecule has 0 aromatic rings. The van der Waals surface area contributed by atoms with E-state index in [-0.39, 0.29) is 17.4 Å². The molecule has 0 aromatic heterocycles. The molecule has 1 unspecified atom stereocenters. The fraction of sp³-hybridized carbons (Fsp3) is 0.889. The quantitative estimate of drug-likeness (QED) is 0.376. The first-order chi connectivity index (χ1) is 6.06. The molecule has 0 fully saturated rings. The summed E-state index contributed by atoms with van der Waals surface area (Å²) in [6.07, 6.45) is 3.63. The van der Waals surface area contributed by atoms with E-state index in [4.69, 9.17) is 5.41 Å². The zero-order valence-electron chi connectivity index (χ0n) is 8.32. The molecule has 0 saturated heterocycles. The second-order valence-corrected chi connectivity index (χ2v) is 3.79. The number of rotatable bonds is 7. The molecule has 1 atom stereocenters. The van der Waals surface area contributed by atoms with Crippen LogP contribution in [0.5, 0.6) is 0 Å². The van der Waals surface area contributed by atoms with Crippen LogP contribution < -0.4 is 0 Å². The Morgan fingerprint density at radius 1 is 1.54 bits per heavy atom. The predicted molar refractivity (Wildman–Crippen MR) is 52.8 cm³/mol. The van der Waals surface area contributed by atoms with Gasteiger partial charge < -0.3 is 5.41 Å². The van der Waals surface area contributed by atoms with Gasteiger partial charge in [-0.05, 0) is 31.4 Å². The van der Waals surface area contributed by atoms with Crippen LogP contribution in [0.1, 0.15) is 33.1 Å². The molecule has 76 valence electrons. The summed E-state index contributed by atoms with van der Waals surface area (Å²) < 4.78 is 0. The fourth-order valence-corrected chi connectivity index (χ4v) is 1.48. The van der Waals surface area contributed by atoms with E-state index in [0.29, 0.717) is 12.3 Å². The summed E-state index contributed by atoms with van der Waals surface area (Å²) in [4.78, 5) is 10.0. The van der Waals surface area contributed by atoms with Crippen molar-refractivity contribution >= 4 is 6.21 Å². The zero-order chi connectivity index (χ0) is 10.3. The highest BCUT2D eigenvalue weighted by atomic mass is 16.6. The van der Waals surface area contributed by atoms with Crippen LogP contribution in [0.25, 0.3) is 0 Å². The monoisotopic (exact) mass is 186 g/mol. The van der Waals surface area contributed by atoms with Crippen molar-refractivity contribution in [3.05, 3.63) is 10.1 Å². The van der Waals surface area contributed by atoms with Crippen LogP contribution in [0, 0.1) is 27.4 Å². The lowest BCUT2D eigenvalue weighted by Crippen LogP contribution is -2.16. The smallest absolute Gasteiger partial charge is 0.206 e. The molecule has 0 amide bonds. The van der Waals surface area contributed by atoms with Crippen LogP contribution in [-0.4, -0.2) is 17.7 Å². The Bertz CT molecular complexity index is 169. The Kier molecular flexibility index (Phi) is 6.10. The number of nitro groups is 1. The molecule has 0 bridgehead atoms. The van der Waals surface area contributed by atoms with Gasteiger partial charge in [0.2, 0.25) is 6.54 Å². The largest absolute Gasteiger partial charge is 0.313 e. The van der Waals surface area contributed by atoms with Crippen LogP contribution >= 0.6 is 0 Å². The van der Waals surface area contributed by atoms with E-state index >= 15 is 0 Å². The Hall–Kier alpha value is -0.930.